The van der Waals surface area contributed by atoms with Crippen LogP contribution in [0.1, 0.15) is 42.4 Å². The highest BCUT2D eigenvalue weighted by Gasteiger charge is 2.38. The minimum atomic E-state index is -4.44. The van der Waals surface area contributed by atoms with Gasteiger partial charge in [-0.2, -0.15) is 18.4 Å². The summed E-state index contributed by atoms with van der Waals surface area (Å²) in [5.74, 6) is 5.94. The van der Waals surface area contributed by atoms with E-state index in [1.54, 1.807) is 48.7 Å². The van der Waals surface area contributed by atoms with Crippen LogP contribution in [0.25, 0.3) is 0 Å². The average Bonchev–Trinajstić information content (AvgIpc) is 2.84. The van der Waals surface area contributed by atoms with E-state index < -0.39 is 23.1 Å². The van der Waals surface area contributed by atoms with Crippen LogP contribution in [0, 0.1) is 23.2 Å². The number of benzene rings is 2. The highest BCUT2D eigenvalue weighted by molar-refractivity contribution is 6.01. The van der Waals surface area contributed by atoms with Gasteiger partial charge < -0.3 is 5.32 Å². The molecule has 0 spiro atoms. The number of aromatic nitrogens is 1. The Labute approximate surface area is 196 Å². The first-order chi connectivity index (χ1) is 16.3. The molecule has 1 N–H and O–H groups in total. The zero-order chi connectivity index (χ0) is 24.4. The van der Waals surface area contributed by atoms with Gasteiger partial charge >= 0.3 is 6.18 Å². The maximum Gasteiger partial charge on any atom is 0.416 e. The number of halogens is 3. The average molecular weight is 461 g/mol. The van der Waals surface area contributed by atoms with Crippen molar-refractivity contribution in [1.82, 2.24) is 4.98 Å². The number of hydrogen-bond acceptors (Lipinski definition) is 3. The molecule has 4 nitrogen and oxygen atoms in total. The molecule has 0 radical (unpaired) electrons. The molecule has 1 aromatic heterocycles. The quantitative estimate of drug-likeness (QED) is 0.341. The van der Waals surface area contributed by atoms with Gasteiger partial charge in [0.2, 0.25) is 5.91 Å². The Kier molecular flexibility index (Phi) is 8.05. The zero-order valence-electron chi connectivity index (χ0n) is 18.3. The lowest BCUT2D eigenvalue weighted by molar-refractivity contribution is -0.137. The number of anilines is 1. The Morgan fingerprint density at radius 3 is 2.24 bits per heavy atom. The molecular weight excluding hydrogens is 439 g/mol. The maximum absolute atomic E-state index is 13.6. The van der Waals surface area contributed by atoms with E-state index in [4.69, 9.17) is 5.26 Å². The van der Waals surface area contributed by atoms with E-state index in [-0.39, 0.29) is 0 Å². The lowest BCUT2D eigenvalue weighted by Gasteiger charge is -2.28. The number of nitrogens with zero attached hydrogens (tertiary/aromatic N) is 2. The molecule has 1 heterocycles. The van der Waals surface area contributed by atoms with Crippen LogP contribution in [-0.4, -0.2) is 10.9 Å². The third-order valence-electron chi connectivity index (χ3n) is 5.28. The van der Waals surface area contributed by atoms with Gasteiger partial charge in [0.05, 0.1) is 11.6 Å². The molecular formula is C27H22F3N3O. The number of nitrogens with one attached hydrogen (secondary N) is 1. The molecule has 0 aliphatic carbocycles. The second-order valence-electron chi connectivity index (χ2n) is 7.63. The number of carbonyl (C=O) groups is 1. The van der Waals surface area contributed by atoms with Crippen LogP contribution in [0.5, 0.6) is 0 Å². The first-order valence-corrected chi connectivity index (χ1v) is 10.7. The van der Waals surface area contributed by atoms with Crippen molar-refractivity contribution in [3.63, 3.8) is 0 Å². The van der Waals surface area contributed by atoms with E-state index in [2.05, 4.69) is 28.2 Å². The Bertz CT molecular complexity index is 1190. The van der Waals surface area contributed by atoms with E-state index in [1.807, 2.05) is 6.07 Å². The largest absolute Gasteiger partial charge is 0.416 e. The molecule has 1 unspecified atom stereocenters. The molecule has 0 fully saturated rings. The number of carbonyl (C=O) groups excluding carboxylic acids is 1. The van der Waals surface area contributed by atoms with Crippen molar-refractivity contribution in [3.05, 3.63) is 95.7 Å². The summed E-state index contributed by atoms with van der Waals surface area (Å²) in [5, 5.41) is 11.7. The SMILES string of the molecule is N#CCCCCC(C#Cc1ccc(C(F)(F)F)cc1)(C(=O)Nc1ccccn1)c1ccccc1. The molecule has 0 saturated carbocycles. The van der Waals surface area contributed by atoms with Crippen molar-refractivity contribution >= 4 is 11.7 Å². The zero-order valence-corrected chi connectivity index (χ0v) is 18.3. The minimum absolute atomic E-state index is 0.324. The van der Waals surface area contributed by atoms with Crippen molar-refractivity contribution < 1.29 is 18.0 Å². The maximum atomic E-state index is 13.6. The van der Waals surface area contributed by atoms with Gasteiger partial charge in [0.1, 0.15) is 11.2 Å². The van der Waals surface area contributed by atoms with Crippen LogP contribution in [-0.2, 0) is 16.4 Å². The summed E-state index contributed by atoms with van der Waals surface area (Å²) in [6, 6.07) is 20.8. The number of nitriles is 1. The molecule has 34 heavy (non-hydrogen) atoms. The second kappa shape index (κ2) is 11.2. The van der Waals surface area contributed by atoms with Crippen LogP contribution in [0.15, 0.2) is 79.0 Å². The van der Waals surface area contributed by atoms with Gasteiger partial charge in [-0.3, -0.25) is 4.79 Å². The molecule has 0 aliphatic rings. The Morgan fingerprint density at radius 2 is 1.62 bits per heavy atom. The summed E-state index contributed by atoms with van der Waals surface area (Å²) in [6.45, 7) is 0. The van der Waals surface area contributed by atoms with Crippen molar-refractivity contribution in [2.24, 2.45) is 0 Å². The number of unbranched alkanes of at least 4 members (excludes halogenated alkanes) is 2. The fourth-order valence-electron chi connectivity index (χ4n) is 3.48. The van der Waals surface area contributed by atoms with Gasteiger partial charge in [0.25, 0.3) is 0 Å². The molecule has 1 amide bonds. The molecule has 7 heteroatoms. The van der Waals surface area contributed by atoms with Crippen LogP contribution >= 0.6 is 0 Å². The van der Waals surface area contributed by atoms with Crippen LogP contribution < -0.4 is 5.32 Å². The van der Waals surface area contributed by atoms with E-state index in [9.17, 15) is 18.0 Å². The van der Waals surface area contributed by atoms with E-state index in [0.29, 0.717) is 42.6 Å². The summed E-state index contributed by atoms with van der Waals surface area (Å²) in [5.41, 5.74) is -1.05. The lowest BCUT2D eigenvalue weighted by atomic mass is 9.75. The summed E-state index contributed by atoms with van der Waals surface area (Å²) >= 11 is 0. The van der Waals surface area contributed by atoms with Crippen molar-refractivity contribution in [2.75, 3.05) is 5.32 Å². The lowest BCUT2D eigenvalue weighted by Crippen LogP contribution is -2.39. The van der Waals surface area contributed by atoms with Gasteiger partial charge in [-0.25, -0.2) is 4.98 Å². The van der Waals surface area contributed by atoms with Gasteiger partial charge in [-0.15, -0.1) is 0 Å². The number of rotatable bonds is 7. The summed E-state index contributed by atoms with van der Waals surface area (Å²) in [6.07, 6.45) is -1.07. The molecule has 0 aliphatic heterocycles. The number of hydrogen-bond donors (Lipinski definition) is 1. The highest BCUT2D eigenvalue weighted by Crippen LogP contribution is 2.32. The van der Waals surface area contributed by atoms with Gasteiger partial charge in [0, 0.05) is 18.2 Å². The van der Waals surface area contributed by atoms with Crippen molar-refractivity contribution in [1.29, 1.82) is 5.26 Å². The fourth-order valence-corrected chi connectivity index (χ4v) is 3.48. The predicted molar refractivity (Wildman–Crippen MR) is 123 cm³/mol. The Hall–Kier alpha value is -4.10. The van der Waals surface area contributed by atoms with Crippen molar-refractivity contribution in [2.45, 2.75) is 37.3 Å². The molecule has 0 saturated heterocycles. The molecule has 3 rings (SSSR count). The van der Waals surface area contributed by atoms with Gasteiger partial charge in [-0.05, 0) is 54.8 Å². The smallest absolute Gasteiger partial charge is 0.309 e. The molecule has 2 aromatic carbocycles. The molecule has 172 valence electrons. The second-order valence-corrected chi connectivity index (χ2v) is 7.63. The van der Waals surface area contributed by atoms with Gasteiger partial charge in [0.15, 0.2) is 0 Å². The van der Waals surface area contributed by atoms with E-state index in [1.165, 1.54) is 12.1 Å². The molecule has 3 aromatic rings. The minimum Gasteiger partial charge on any atom is -0.309 e. The normalized spacial score (nSPS) is 12.5. The van der Waals surface area contributed by atoms with Crippen LogP contribution in [0.4, 0.5) is 19.0 Å². The third-order valence-corrected chi connectivity index (χ3v) is 5.28. The highest BCUT2D eigenvalue weighted by atomic mass is 19.4. The number of pyridine rings is 1. The molecule has 0 bridgehead atoms. The van der Waals surface area contributed by atoms with Crippen molar-refractivity contribution in [3.8, 4) is 17.9 Å². The number of alkyl halides is 3. The summed E-state index contributed by atoms with van der Waals surface area (Å²) < 4.78 is 38.7. The van der Waals surface area contributed by atoms with Gasteiger partial charge in [-0.1, -0.05) is 54.7 Å². The molecule has 1 atom stereocenters. The monoisotopic (exact) mass is 461 g/mol. The third kappa shape index (κ3) is 6.24. The van der Waals surface area contributed by atoms with Crippen LogP contribution in [0.3, 0.4) is 0 Å². The Morgan fingerprint density at radius 1 is 0.912 bits per heavy atom. The first-order valence-electron chi connectivity index (χ1n) is 10.7. The standard InChI is InChI=1S/C27H22F3N3O/c28-27(29,30)23-14-12-21(13-15-23)16-18-26(17-6-2-7-19-31,22-9-3-1-4-10-22)25(34)33-24-11-5-8-20-32-24/h1,3-5,8-15,20H,2,6-7,17H2,(H,32,33,34). The van der Waals surface area contributed by atoms with Crippen LogP contribution in [0.2, 0.25) is 0 Å². The summed E-state index contributed by atoms with van der Waals surface area (Å²) in [4.78, 5) is 17.8. The Balaban J connectivity index is 2.04. The van der Waals surface area contributed by atoms with E-state index in [0.717, 1.165) is 12.1 Å². The fraction of sp³-hybridized carbons (Fsp3) is 0.222. The predicted octanol–water partition coefficient (Wildman–Crippen LogP) is 6.11. The topological polar surface area (TPSA) is 65.8 Å². The summed E-state index contributed by atoms with van der Waals surface area (Å²) in [7, 11) is 0. The number of amides is 1. The first kappa shape index (κ1) is 24.5. The van der Waals surface area contributed by atoms with E-state index >= 15 is 0 Å².